The van der Waals surface area contributed by atoms with Gasteiger partial charge in [-0.1, -0.05) is 115 Å². The molecule has 0 bridgehead atoms. The fraction of sp³-hybridized carbons (Fsp3) is 0.708. The van der Waals surface area contributed by atoms with Crippen LogP contribution in [0.4, 0.5) is 0 Å². The molecule has 0 saturated heterocycles. The molecule has 5 nitrogen and oxygen atoms in total. The van der Waals surface area contributed by atoms with E-state index in [9.17, 15) is 13.2 Å². The average Bonchev–Trinajstić information content (AvgIpc) is 2.71. The summed E-state index contributed by atoms with van der Waals surface area (Å²) in [6.07, 6.45) is 18.7. The standard InChI is InChI=1S/C24H40O5S/c1-2-3-4-5-6-7-8-9-10-11-12-13-14-15-19-22-24(25)29-30(26,27)28-23-20-17-16-18-21-23/h16-18,20-21H,2-15,19,22H2,1H3. The lowest BCUT2D eigenvalue weighted by atomic mass is 10.0. The van der Waals surface area contributed by atoms with Crippen LogP contribution in [0.15, 0.2) is 30.3 Å². The van der Waals surface area contributed by atoms with Crippen molar-refractivity contribution in [2.24, 2.45) is 0 Å². The topological polar surface area (TPSA) is 69.7 Å². The van der Waals surface area contributed by atoms with Gasteiger partial charge in [-0.2, -0.15) is 0 Å². The summed E-state index contributed by atoms with van der Waals surface area (Å²) >= 11 is 0. The monoisotopic (exact) mass is 440 g/mol. The van der Waals surface area contributed by atoms with Crippen molar-refractivity contribution in [2.75, 3.05) is 0 Å². The molecule has 172 valence electrons. The molecule has 6 heteroatoms. The van der Waals surface area contributed by atoms with E-state index in [1.807, 2.05) is 0 Å². The Morgan fingerprint density at radius 3 is 1.60 bits per heavy atom. The highest BCUT2D eigenvalue weighted by atomic mass is 32.3. The van der Waals surface area contributed by atoms with E-state index in [0.29, 0.717) is 6.42 Å². The summed E-state index contributed by atoms with van der Waals surface area (Å²) in [5.41, 5.74) is 0. The number of benzene rings is 1. The zero-order valence-electron chi connectivity index (χ0n) is 18.6. The summed E-state index contributed by atoms with van der Waals surface area (Å²) in [6.45, 7) is 2.25. The van der Waals surface area contributed by atoms with Gasteiger partial charge in [-0.15, -0.1) is 8.42 Å². The van der Waals surface area contributed by atoms with Crippen molar-refractivity contribution in [3.05, 3.63) is 30.3 Å². The fourth-order valence-corrected chi connectivity index (χ4v) is 4.10. The Morgan fingerprint density at radius 1 is 0.700 bits per heavy atom. The van der Waals surface area contributed by atoms with Crippen molar-refractivity contribution in [1.82, 2.24) is 0 Å². The van der Waals surface area contributed by atoms with Gasteiger partial charge >= 0.3 is 16.4 Å². The molecule has 0 fully saturated rings. The first-order valence-electron chi connectivity index (χ1n) is 11.8. The third-order valence-electron chi connectivity index (χ3n) is 5.12. The lowest BCUT2D eigenvalue weighted by molar-refractivity contribution is -0.134. The summed E-state index contributed by atoms with van der Waals surface area (Å²) < 4.78 is 32.6. The van der Waals surface area contributed by atoms with Gasteiger partial charge in [-0.3, -0.25) is 4.79 Å². The number of rotatable bonds is 19. The molecule has 1 aromatic rings. The van der Waals surface area contributed by atoms with E-state index < -0.39 is 16.4 Å². The van der Waals surface area contributed by atoms with Crippen LogP contribution in [0.3, 0.4) is 0 Å². The third kappa shape index (κ3) is 15.3. The normalized spacial score (nSPS) is 11.4. The van der Waals surface area contributed by atoms with Crippen molar-refractivity contribution < 1.29 is 21.6 Å². The van der Waals surface area contributed by atoms with Gasteiger partial charge in [0.15, 0.2) is 0 Å². The quantitative estimate of drug-likeness (QED) is 0.214. The summed E-state index contributed by atoms with van der Waals surface area (Å²) in [6, 6.07) is 7.99. The van der Waals surface area contributed by atoms with E-state index in [1.54, 1.807) is 18.2 Å². The summed E-state index contributed by atoms with van der Waals surface area (Å²) in [5, 5.41) is 0. The number of para-hydroxylation sites is 1. The highest BCUT2D eigenvalue weighted by molar-refractivity contribution is 7.82. The fourth-order valence-electron chi connectivity index (χ4n) is 3.41. The lowest BCUT2D eigenvalue weighted by Gasteiger charge is -2.06. The van der Waals surface area contributed by atoms with E-state index in [0.717, 1.165) is 12.8 Å². The summed E-state index contributed by atoms with van der Waals surface area (Å²) in [5.74, 6) is -0.641. The summed E-state index contributed by atoms with van der Waals surface area (Å²) in [4.78, 5) is 11.7. The Kier molecular flexibility index (Phi) is 15.1. The van der Waals surface area contributed by atoms with Gasteiger partial charge in [0.2, 0.25) is 0 Å². The SMILES string of the molecule is CCCCCCCCCCCCCCCCCC(=O)OS(=O)(=O)Oc1ccccc1. The average molecular weight is 441 g/mol. The van der Waals surface area contributed by atoms with Crippen LogP contribution in [0.5, 0.6) is 5.75 Å². The zero-order chi connectivity index (χ0) is 21.9. The summed E-state index contributed by atoms with van der Waals surface area (Å²) in [7, 11) is -4.35. The maximum Gasteiger partial charge on any atom is 0.503 e. The van der Waals surface area contributed by atoms with Crippen LogP contribution in [0.1, 0.15) is 110 Å². The van der Waals surface area contributed by atoms with Crippen LogP contribution in [-0.2, 0) is 19.4 Å². The maximum atomic E-state index is 11.7. The number of carbonyl (C=O) groups is 1. The number of unbranched alkanes of at least 4 members (excludes halogenated alkanes) is 14. The molecule has 0 aromatic heterocycles. The minimum Gasteiger partial charge on any atom is -0.353 e. The van der Waals surface area contributed by atoms with Crippen LogP contribution < -0.4 is 4.18 Å². The molecule has 1 rings (SSSR count). The Balaban J connectivity index is 1.91. The highest BCUT2D eigenvalue weighted by Gasteiger charge is 2.19. The molecule has 1 aromatic carbocycles. The lowest BCUT2D eigenvalue weighted by Crippen LogP contribution is -2.18. The molecule has 0 N–H and O–H groups in total. The number of carbonyl (C=O) groups excluding carboxylic acids is 1. The van der Waals surface area contributed by atoms with Crippen molar-refractivity contribution >= 4 is 16.4 Å². The number of hydrogen-bond donors (Lipinski definition) is 0. The van der Waals surface area contributed by atoms with E-state index in [-0.39, 0.29) is 12.2 Å². The Hall–Kier alpha value is -1.56. The first-order chi connectivity index (χ1) is 14.5. The van der Waals surface area contributed by atoms with Gasteiger partial charge in [0, 0.05) is 6.42 Å². The second kappa shape index (κ2) is 17.2. The first kappa shape index (κ1) is 26.5. The molecule has 30 heavy (non-hydrogen) atoms. The molecule has 0 unspecified atom stereocenters. The molecule has 0 aliphatic rings. The Labute approximate surface area is 183 Å². The Morgan fingerprint density at radius 2 is 1.13 bits per heavy atom. The van der Waals surface area contributed by atoms with Crippen molar-refractivity contribution in [1.29, 1.82) is 0 Å². The highest BCUT2D eigenvalue weighted by Crippen LogP contribution is 2.15. The molecule has 0 radical (unpaired) electrons. The van der Waals surface area contributed by atoms with E-state index in [2.05, 4.69) is 11.1 Å². The van der Waals surface area contributed by atoms with Gasteiger partial charge in [-0.05, 0) is 18.6 Å². The zero-order valence-corrected chi connectivity index (χ0v) is 19.5. The van der Waals surface area contributed by atoms with Gasteiger partial charge in [0.1, 0.15) is 5.75 Å². The van der Waals surface area contributed by atoms with Gasteiger partial charge < -0.3 is 8.37 Å². The van der Waals surface area contributed by atoms with Crippen LogP contribution in [0.2, 0.25) is 0 Å². The second-order valence-corrected chi connectivity index (χ2v) is 9.11. The number of hydrogen-bond acceptors (Lipinski definition) is 5. The smallest absolute Gasteiger partial charge is 0.353 e. The molecule has 0 aliphatic carbocycles. The Bertz CT molecular complexity index is 643. The van der Waals surface area contributed by atoms with Crippen LogP contribution in [-0.4, -0.2) is 14.4 Å². The van der Waals surface area contributed by atoms with Gasteiger partial charge in [-0.25, -0.2) is 0 Å². The predicted octanol–water partition coefficient (Wildman–Crippen LogP) is 7.11. The minimum atomic E-state index is -4.35. The molecule has 0 amide bonds. The van der Waals surface area contributed by atoms with E-state index >= 15 is 0 Å². The second-order valence-electron chi connectivity index (χ2n) is 7.96. The maximum absolute atomic E-state index is 11.7. The molecule has 0 aliphatic heterocycles. The van der Waals surface area contributed by atoms with Crippen LogP contribution >= 0.6 is 0 Å². The van der Waals surface area contributed by atoms with E-state index in [1.165, 1.54) is 89.2 Å². The minimum absolute atomic E-state index is 0.0929. The van der Waals surface area contributed by atoms with Crippen molar-refractivity contribution in [2.45, 2.75) is 110 Å². The van der Waals surface area contributed by atoms with Gasteiger partial charge in [0.25, 0.3) is 0 Å². The van der Waals surface area contributed by atoms with Crippen LogP contribution in [0.25, 0.3) is 0 Å². The molecule has 0 atom stereocenters. The van der Waals surface area contributed by atoms with Crippen molar-refractivity contribution in [3.63, 3.8) is 0 Å². The molecule has 0 saturated carbocycles. The van der Waals surface area contributed by atoms with E-state index in [4.69, 9.17) is 4.18 Å². The predicted molar refractivity (Wildman–Crippen MR) is 122 cm³/mol. The van der Waals surface area contributed by atoms with Gasteiger partial charge in [0.05, 0.1) is 0 Å². The first-order valence-corrected chi connectivity index (χ1v) is 13.1. The largest absolute Gasteiger partial charge is 0.503 e. The van der Waals surface area contributed by atoms with Crippen molar-refractivity contribution in [3.8, 4) is 5.75 Å². The molecule has 0 heterocycles. The van der Waals surface area contributed by atoms with Crippen LogP contribution in [0, 0.1) is 0 Å². The molecular weight excluding hydrogens is 400 g/mol. The third-order valence-corrected chi connectivity index (χ3v) is 5.91. The molecular formula is C24H40O5S. The molecule has 0 spiro atoms.